The van der Waals surface area contributed by atoms with E-state index in [9.17, 15) is 9.59 Å². The molecule has 1 aliphatic heterocycles. The molecule has 4 N–H and O–H groups in total. The number of urea groups is 1. The maximum absolute atomic E-state index is 12.0. The molecule has 1 fully saturated rings. The van der Waals surface area contributed by atoms with Crippen molar-refractivity contribution >= 4 is 12.1 Å². The van der Waals surface area contributed by atoms with Gasteiger partial charge in [-0.2, -0.15) is 0 Å². The lowest BCUT2D eigenvalue weighted by molar-refractivity contribution is 0.112. The Morgan fingerprint density at radius 3 is 2.14 bits per heavy atom. The Balaban J connectivity index is 1.77. The molecule has 120 valence electrons. The maximum atomic E-state index is 12.0. The van der Waals surface area contributed by atoms with Gasteiger partial charge in [0.2, 0.25) is 0 Å². The van der Waals surface area contributed by atoms with Crippen molar-refractivity contribution in [2.45, 2.75) is 13.0 Å². The summed E-state index contributed by atoms with van der Waals surface area (Å²) in [6, 6.07) is 7.83. The van der Waals surface area contributed by atoms with E-state index >= 15 is 0 Å². The highest BCUT2D eigenvalue weighted by Gasteiger charge is 2.23. The van der Waals surface area contributed by atoms with Crippen LogP contribution in [0.2, 0.25) is 0 Å². The Morgan fingerprint density at radius 2 is 1.59 bits per heavy atom. The van der Waals surface area contributed by atoms with Crippen LogP contribution >= 0.6 is 0 Å². The first-order valence-electron chi connectivity index (χ1n) is 7.38. The molecule has 0 unspecified atom stereocenters. The zero-order valence-electron chi connectivity index (χ0n) is 12.5. The summed E-state index contributed by atoms with van der Waals surface area (Å²) < 4.78 is 0. The number of rotatable bonds is 4. The molecular weight excluding hydrogens is 284 g/mol. The lowest BCUT2D eigenvalue weighted by Crippen LogP contribution is -2.52. The van der Waals surface area contributed by atoms with E-state index in [2.05, 4.69) is 5.32 Å². The van der Waals surface area contributed by atoms with Crippen molar-refractivity contribution in [3.63, 3.8) is 0 Å². The third-order valence-electron chi connectivity index (χ3n) is 3.74. The molecule has 0 saturated carbocycles. The fourth-order valence-electron chi connectivity index (χ4n) is 2.38. The Morgan fingerprint density at radius 1 is 1.05 bits per heavy atom. The van der Waals surface area contributed by atoms with Crippen LogP contribution in [0.5, 0.6) is 0 Å². The fourth-order valence-corrected chi connectivity index (χ4v) is 2.38. The first-order chi connectivity index (χ1) is 10.6. The second kappa shape index (κ2) is 7.65. The molecule has 3 amide bonds. The Hall–Kier alpha value is -2.28. The highest BCUT2D eigenvalue weighted by atomic mass is 16.4. The molecule has 1 heterocycles. The van der Waals surface area contributed by atoms with Gasteiger partial charge in [-0.3, -0.25) is 0 Å². The molecule has 1 aromatic rings. The maximum Gasteiger partial charge on any atom is 0.407 e. The normalized spacial score (nSPS) is 14.8. The van der Waals surface area contributed by atoms with E-state index in [0.717, 1.165) is 12.0 Å². The van der Waals surface area contributed by atoms with Crippen molar-refractivity contribution in [1.29, 1.82) is 0 Å². The van der Waals surface area contributed by atoms with Crippen LogP contribution in [0.1, 0.15) is 11.1 Å². The lowest BCUT2D eigenvalue weighted by atomic mass is 10.1. The van der Waals surface area contributed by atoms with E-state index in [1.165, 1.54) is 10.5 Å². The summed E-state index contributed by atoms with van der Waals surface area (Å²) in [5.74, 6) is 0. The number of hydrogen-bond acceptors (Lipinski definition) is 3. The number of carbonyl (C=O) groups is 2. The van der Waals surface area contributed by atoms with Gasteiger partial charge in [0.25, 0.3) is 0 Å². The van der Waals surface area contributed by atoms with Gasteiger partial charge in [0, 0.05) is 32.7 Å². The third-order valence-corrected chi connectivity index (χ3v) is 3.74. The number of piperazine rings is 1. The summed E-state index contributed by atoms with van der Waals surface area (Å²) in [4.78, 5) is 25.8. The number of benzene rings is 1. The van der Waals surface area contributed by atoms with Gasteiger partial charge in [-0.1, -0.05) is 24.3 Å². The van der Waals surface area contributed by atoms with Gasteiger partial charge in [0.05, 0.1) is 0 Å². The van der Waals surface area contributed by atoms with Gasteiger partial charge < -0.3 is 26.0 Å². The van der Waals surface area contributed by atoms with E-state index < -0.39 is 6.09 Å². The number of carboxylic acid groups (broad SMARTS) is 1. The van der Waals surface area contributed by atoms with Gasteiger partial charge in [0.1, 0.15) is 0 Å². The first-order valence-corrected chi connectivity index (χ1v) is 7.38. The predicted molar refractivity (Wildman–Crippen MR) is 82.6 cm³/mol. The molecule has 0 radical (unpaired) electrons. The number of nitrogens with zero attached hydrogens (tertiary/aromatic N) is 2. The summed E-state index contributed by atoms with van der Waals surface area (Å²) in [7, 11) is 0. The van der Waals surface area contributed by atoms with Gasteiger partial charge >= 0.3 is 12.1 Å². The van der Waals surface area contributed by atoms with Crippen LogP contribution in [0.3, 0.4) is 0 Å². The smallest absolute Gasteiger partial charge is 0.407 e. The average Bonchev–Trinajstić information content (AvgIpc) is 2.54. The molecule has 1 saturated heterocycles. The molecule has 2 rings (SSSR count). The number of nitrogens with two attached hydrogens (primary N) is 1. The predicted octanol–water partition coefficient (Wildman–Crippen LogP) is 0.693. The lowest BCUT2D eigenvalue weighted by Gasteiger charge is -2.33. The van der Waals surface area contributed by atoms with Crippen LogP contribution in [-0.4, -0.2) is 59.8 Å². The minimum Gasteiger partial charge on any atom is -0.465 e. The summed E-state index contributed by atoms with van der Waals surface area (Å²) in [5, 5.41) is 11.7. The standard InChI is InChI=1S/C15H22N4O3/c16-6-5-12-1-3-13(4-2-12)11-17-14(20)18-7-9-19(10-8-18)15(21)22/h1-4H,5-11,16H2,(H,17,20)(H,21,22). The summed E-state index contributed by atoms with van der Waals surface area (Å²) in [5.41, 5.74) is 7.71. The van der Waals surface area contributed by atoms with Crippen molar-refractivity contribution in [2.75, 3.05) is 32.7 Å². The second-order valence-corrected chi connectivity index (χ2v) is 5.27. The highest BCUT2D eigenvalue weighted by molar-refractivity contribution is 5.74. The number of nitrogens with one attached hydrogen (secondary N) is 1. The van der Waals surface area contributed by atoms with Crippen LogP contribution in [0.15, 0.2) is 24.3 Å². The van der Waals surface area contributed by atoms with Gasteiger partial charge in [-0.05, 0) is 24.1 Å². The van der Waals surface area contributed by atoms with Crippen molar-refractivity contribution < 1.29 is 14.7 Å². The quantitative estimate of drug-likeness (QED) is 0.762. The van der Waals surface area contributed by atoms with E-state index in [-0.39, 0.29) is 6.03 Å². The molecule has 0 atom stereocenters. The average molecular weight is 306 g/mol. The Kier molecular flexibility index (Phi) is 5.60. The zero-order chi connectivity index (χ0) is 15.9. The Bertz CT molecular complexity index is 510. The second-order valence-electron chi connectivity index (χ2n) is 5.27. The number of carbonyl (C=O) groups excluding carboxylic acids is 1. The van der Waals surface area contributed by atoms with Crippen molar-refractivity contribution in [1.82, 2.24) is 15.1 Å². The van der Waals surface area contributed by atoms with Crippen LogP contribution in [0.25, 0.3) is 0 Å². The number of hydrogen-bond donors (Lipinski definition) is 3. The highest BCUT2D eigenvalue weighted by Crippen LogP contribution is 2.06. The van der Waals surface area contributed by atoms with Crippen molar-refractivity contribution in [3.05, 3.63) is 35.4 Å². The molecule has 0 aliphatic carbocycles. The molecule has 0 spiro atoms. The molecule has 7 nitrogen and oxygen atoms in total. The molecule has 1 aliphatic rings. The third kappa shape index (κ3) is 4.36. The number of amides is 3. The van der Waals surface area contributed by atoms with E-state index in [0.29, 0.717) is 39.3 Å². The molecule has 7 heteroatoms. The summed E-state index contributed by atoms with van der Waals surface area (Å²) in [6.45, 7) is 2.65. The van der Waals surface area contributed by atoms with Gasteiger partial charge in [-0.25, -0.2) is 9.59 Å². The molecular formula is C15H22N4O3. The van der Waals surface area contributed by atoms with Crippen LogP contribution in [-0.2, 0) is 13.0 Å². The monoisotopic (exact) mass is 306 g/mol. The van der Waals surface area contributed by atoms with Crippen molar-refractivity contribution in [2.24, 2.45) is 5.73 Å². The van der Waals surface area contributed by atoms with Gasteiger partial charge in [0.15, 0.2) is 0 Å². The van der Waals surface area contributed by atoms with Gasteiger partial charge in [-0.15, -0.1) is 0 Å². The molecule has 22 heavy (non-hydrogen) atoms. The minimum absolute atomic E-state index is 0.156. The fraction of sp³-hybridized carbons (Fsp3) is 0.467. The van der Waals surface area contributed by atoms with Crippen molar-refractivity contribution in [3.8, 4) is 0 Å². The van der Waals surface area contributed by atoms with E-state index in [4.69, 9.17) is 10.8 Å². The minimum atomic E-state index is -0.933. The summed E-state index contributed by atoms with van der Waals surface area (Å²) >= 11 is 0. The SMILES string of the molecule is NCCc1ccc(CNC(=O)N2CCN(C(=O)O)CC2)cc1. The molecule has 1 aromatic carbocycles. The van der Waals surface area contributed by atoms with Crippen LogP contribution in [0.4, 0.5) is 9.59 Å². The van der Waals surface area contributed by atoms with Crippen LogP contribution in [0, 0.1) is 0 Å². The zero-order valence-corrected chi connectivity index (χ0v) is 12.5. The van der Waals surface area contributed by atoms with E-state index in [1.54, 1.807) is 4.90 Å². The molecule has 0 aromatic heterocycles. The molecule has 0 bridgehead atoms. The summed E-state index contributed by atoms with van der Waals surface area (Å²) in [6.07, 6.45) is -0.0850. The topological polar surface area (TPSA) is 98.9 Å². The largest absolute Gasteiger partial charge is 0.465 e. The Labute approximate surface area is 129 Å². The first kappa shape index (κ1) is 16.1. The van der Waals surface area contributed by atoms with Crippen LogP contribution < -0.4 is 11.1 Å². The van der Waals surface area contributed by atoms with E-state index in [1.807, 2.05) is 24.3 Å².